The second-order valence-electron chi connectivity index (χ2n) is 8.43. The number of aryl methyl sites for hydroxylation is 1. The van der Waals surface area contributed by atoms with E-state index in [2.05, 4.69) is 51.4 Å². The number of aromatic nitrogens is 2. The topological polar surface area (TPSA) is 30.3 Å². The minimum absolute atomic E-state index is 0.201. The lowest BCUT2D eigenvalue weighted by Crippen LogP contribution is -2.40. The Labute approximate surface area is 129 Å². The van der Waals surface area contributed by atoms with Gasteiger partial charge in [-0.25, -0.2) is 4.98 Å². The van der Waals surface area contributed by atoms with E-state index in [-0.39, 0.29) is 17.1 Å². The Morgan fingerprint density at radius 2 is 1.86 bits per heavy atom. The van der Waals surface area contributed by atoms with Gasteiger partial charge in [0, 0.05) is 37.8 Å². The van der Waals surface area contributed by atoms with E-state index in [0.717, 1.165) is 18.8 Å². The lowest BCUT2D eigenvalue weighted by atomic mass is 9.79. The van der Waals surface area contributed by atoms with Crippen molar-refractivity contribution in [2.24, 2.45) is 18.4 Å². The maximum absolute atomic E-state index is 6.25. The second-order valence-corrected chi connectivity index (χ2v) is 8.43. The van der Waals surface area contributed by atoms with Crippen molar-refractivity contribution in [1.29, 1.82) is 0 Å². The van der Waals surface area contributed by atoms with Gasteiger partial charge in [0.2, 0.25) is 0 Å². The molecule has 1 fully saturated rings. The minimum Gasteiger partial charge on any atom is -0.370 e. The van der Waals surface area contributed by atoms with E-state index in [1.807, 2.05) is 24.1 Å². The fraction of sp³-hybridized carbons (Fsp3) is 0.824. The van der Waals surface area contributed by atoms with Gasteiger partial charge in [-0.05, 0) is 26.2 Å². The number of hydrogen-bond acceptors (Lipinski definition) is 3. The molecule has 2 heterocycles. The first-order valence-electron chi connectivity index (χ1n) is 7.91. The fourth-order valence-electron chi connectivity index (χ4n) is 3.06. The van der Waals surface area contributed by atoms with E-state index in [1.54, 1.807) is 0 Å². The van der Waals surface area contributed by atoms with Crippen molar-refractivity contribution in [3.8, 4) is 0 Å². The monoisotopic (exact) mass is 293 g/mol. The smallest absolute Gasteiger partial charge is 0.0947 e. The number of nitrogens with zero attached hydrogens (tertiary/aromatic N) is 3. The summed E-state index contributed by atoms with van der Waals surface area (Å²) < 4.78 is 8.22. The molecule has 1 aliphatic heterocycles. The molecule has 0 spiro atoms. The summed E-state index contributed by atoms with van der Waals surface area (Å²) in [4.78, 5) is 6.90. The molecule has 4 heteroatoms. The quantitative estimate of drug-likeness (QED) is 0.858. The molecule has 0 radical (unpaired) electrons. The average molecular weight is 293 g/mol. The van der Waals surface area contributed by atoms with Gasteiger partial charge >= 0.3 is 0 Å². The summed E-state index contributed by atoms with van der Waals surface area (Å²) in [5.41, 5.74) is 1.47. The van der Waals surface area contributed by atoms with E-state index in [0.29, 0.717) is 12.5 Å². The van der Waals surface area contributed by atoms with Crippen LogP contribution in [0.4, 0.5) is 0 Å². The molecule has 0 N–H and O–H groups in total. The van der Waals surface area contributed by atoms with Crippen molar-refractivity contribution in [2.75, 3.05) is 13.1 Å². The molecular formula is C17H31N3O. The molecule has 0 aromatic carbocycles. The summed E-state index contributed by atoms with van der Waals surface area (Å²) in [7, 11) is 1.99. The average Bonchev–Trinajstić information content (AvgIpc) is 2.90. The van der Waals surface area contributed by atoms with Crippen LogP contribution in [0.1, 0.15) is 47.2 Å². The predicted octanol–water partition coefficient (Wildman–Crippen LogP) is 3.08. The number of ether oxygens (including phenoxy) is 1. The Bertz CT molecular complexity index is 467. The maximum atomic E-state index is 6.25. The van der Waals surface area contributed by atoms with Crippen molar-refractivity contribution in [1.82, 2.24) is 14.5 Å². The molecule has 4 nitrogen and oxygen atoms in total. The third-order valence-corrected chi connectivity index (χ3v) is 4.53. The third kappa shape index (κ3) is 4.07. The first-order chi connectivity index (χ1) is 9.57. The largest absolute Gasteiger partial charge is 0.370 e. The molecular weight excluding hydrogens is 262 g/mol. The van der Waals surface area contributed by atoms with Gasteiger partial charge in [-0.1, -0.05) is 20.8 Å². The molecule has 2 rings (SSSR count). The van der Waals surface area contributed by atoms with E-state index in [1.165, 1.54) is 0 Å². The SMILES string of the molecule is Cn1cnc(CO[C@H]2CN(C(C)(C)C)CC2C(C)(C)C)c1. The molecule has 0 saturated carbocycles. The molecule has 21 heavy (non-hydrogen) atoms. The van der Waals surface area contributed by atoms with Gasteiger partial charge in [-0.2, -0.15) is 0 Å². The highest BCUT2D eigenvalue weighted by Gasteiger charge is 2.43. The van der Waals surface area contributed by atoms with E-state index >= 15 is 0 Å². The lowest BCUT2D eigenvalue weighted by molar-refractivity contribution is -0.00887. The fourth-order valence-corrected chi connectivity index (χ4v) is 3.06. The van der Waals surface area contributed by atoms with Crippen LogP contribution in [-0.2, 0) is 18.4 Å². The first-order valence-corrected chi connectivity index (χ1v) is 7.91. The van der Waals surface area contributed by atoms with Crippen molar-refractivity contribution in [3.63, 3.8) is 0 Å². The summed E-state index contributed by atoms with van der Waals surface area (Å²) in [5, 5.41) is 0. The zero-order valence-electron chi connectivity index (χ0n) is 14.7. The summed E-state index contributed by atoms with van der Waals surface area (Å²) >= 11 is 0. The van der Waals surface area contributed by atoms with Crippen molar-refractivity contribution < 1.29 is 4.74 Å². The van der Waals surface area contributed by atoms with Crippen LogP contribution >= 0.6 is 0 Å². The summed E-state index contributed by atoms with van der Waals surface area (Å²) in [6, 6.07) is 0. The normalized spacial score (nSPS) is 24.7. The number of imidazole rings is 1. The van der Waals surface area contributed by atoms with Crippen LogP contribution in [0.5, 0.6) is 0 Å². The predicted molar refractivity (Wildman–Crippen MR) is 86.1 cm³/mol. The van der Waals surface area contributed by atoms with E-state index in [9.17, 15) is 0 Å². The third-order valence-electron chi connectivity index (χ3n) is 4.53. The standard InChI is InChI=1S/C17H31N3O/c1-16(2,3)14-9-20(17(4,5)6)10-15(14)21-11-13-8-19(7)12-18-13/h8,12,14-15H,9-11H2,1-7H3/t14?,15-/m0/s1. The molecule has 120 valence electrons. The minimum atomic E-state index is 0.201. The van der Waals surface area contributed by atoms with Crippen molar-refractivity contribution in [2.45, 2.75) is 59.8 Å². The van der Waals surface area contributed by atoms with Gasteiger partial charge in [0.25, 0.3) is 0 Å². The van der Waals surface area contributed by atoms with Gasteiger partial charge in [0.05, 0.1) is 24.7 Å². The van der Waals surface area contributed by atoms with Crippen molar-refractivity contribution >= 4 is 0 Å². The number of likely N-dealkylation sites (tertiary alicyclic amines) is 1. The van der Waals surface area contributed by atoms with Gasteiger partial charge < -0.3 is 9.30 Å². The lowest BCUT2D eigenvalue weighted by Gasteiger charge is -2.33. The summed E-state index contributed by atoms with van der Waals surface area (Å²) in [5.74, 6) is 0.556. The molecule has 0 amide bonds. The highest BCUT2D eigenvalue weighted by molar-refractivity contribution is 4.98. The molecule has 2 atom stereocenters. The number of rotatable bonds is 3. The van der Waals surface area contributed by atoms with Crippen LogP contribution in [0.2, 0.25) is 0 Å². The first kappa shape index (κ1) is 16.5. The Morgan fingerprint density at radius 3 is 2.33 bits per heavy atom. The highest BCUT2D eigenvalue weighted by atomic mass is 16.5. The molecule has 0 aliphatic carbocycles. The van der Waals surface area contributed by atoms with Gasteiger partial charge in [0.15, 0.2) is 0 Å². The van der Waals surface area contributed by atoms with Crippen molar-refractivity contribution in [3.05, 3.63) is 18.2 Å². The summed E-state index contributed by atoms with van der Waals surface area (Å²) in [6.45, 7) is 16.5. The Hall–Kier alpha value is -0.870. The molecule has 1 saturated heterocycles. The molecule has 1 aromatic rings. The van der Waals surface area contributed by atoms with Crippen LogP contribution in [0.15, 0.2) is 12.5 Å². The molecule has 1 aliphatic rings. The molecule has 0 bridgehead atoms. The van der Waals surface area contributed by atoms with Gasteiger partial charge in [0.1, 0.15) is 0 Å². The van der Waals surface area contributed by atoms with Crippen LogP contribution in [0.3, 0.4) is 0 Å². The van der Waals surface area contributed by atoms with E-state index in [4.69, 9.17) is 4.74 Å². The molecule has 1 aromatic heterocycles. The zero-order chi connectivity index (χ0) is 15.8. The van der Waals surface area contributed by atoms with Gasteiger partial charge in [-0.3, -0.25) is 4.90 Å². The van der Waals surface area contributed by atoms with Crippen LogP contribution in [-0.4, -0.2) is 39.2 Å². The number of hydrogen-bond donors (Lipinski definition) is 0. The zero-order valence-corrected chi connectivity index (χ0v) is 14.7. The Kier molecular flexibility index (Phi) is 4.50. The Balaban J connectivity index is 2.04. The maximum Gasteiger partial charge on any atom is 0.0947 e. The second kappa shape index (κ2) is 5.73. The van der Waals surface area contributed by atoms with Crippen LogP contribution < -0.4 is 0 Å². The van der Waals surface area contributed by atoms with Crippen LogP contribution in [0.25, 0.3) is 0 Å². The van der Waals surface area contributed by atoms with E-state index < -0.39 is 0 Å². The van der Waals surface area contributed by atoms with Crippen LogP contribution in [0, 0.1) is 11.3 Å². The van der Waals surface area contributed by atoms with Gasteiger partial charge in [-0.15, -0.1) is 0 Å². The molecule has 1 unspecified atom stereocenters. The Morgan fingerprint density at radius 1 is 1.19 bits per heavy atom. The highest BCUT2D eigenvalue weighted by Crippen LogP contribution is 2.38. The summed E-state index contributed by atoms with van der Waals surface area (Å²) in [6.07, 6.45) is 4.14.